The third kappa shape index (κ3) is 2470. The number of hydrogen-bond acceptors (Lipinski definition) is 3. The summed E-state index contributed by atoms with van der Waals surface area (Å²) in [5.74, 6) is 0. The van der Waals surface area contributed by atoms with Gasteiger partial charge in [-0.25, -0.2) is 0 Å². The van der Waals surface area contributed by atoms with Crippen LogP contribution in [0.4, 0.5) is 0 Å². The summed E-state index contributed by atoms with van der Waals surface area (Å²) in [6, 6.07) is 0. The number of allylic oxidation sites excluding steroid dienone is 1. The third-order valence-electron chi connectivity index (χ3n) is 0.144. The Morgan fingerprint density at radius 1 is 0.737 bits per heavy atom. The van der Waals surface area contributed by atoms with E-state index in [-0.39, 0.29) is 0 Å². The Morgan fingerprint density at radius 2 is 0.789 bits per heavy atom. The second-order valence-electron chi connectivity index (χ2n) is 6.83. The minimum Gasteiger partial charge on any atom is -0.850 e. The van der Waals surface area contributed by atoms with Crippen LogP contribution in [0, 0.1) is 0 Å². The predicted octanol–water partition coefficient (Wildman–Crippen LogP) is 1.19. The smallest absolute Gasteiger partial charge is 0.0756 e. The first-order chi connectivity index (χ1) is 7.91. The molecule has 0 atom stereocenters. The van der Waals surface area contributed by atoms with Crippen molar-refractivity contribution in [1.82, 2.24) is 0 Å². The molecule has 0 N–H and O–H groups in total. The molecule has 0 bridgehead atoms. The van der Waals surface area contributed by atoms with Gasteiger partial charge in [-0.05, 0) is 0 Å². The summed E-state index contributed by atoms with van der Waals surface area (Å²) >= 11 is 1.55. The van der Waals surface area contributed by atoms with Gasteiger partial charge in [0.05, 0.1) is 0 Å². The molecule has 3 nitrogen and oxygen atoms in total. The fourth-order valence-corrected chi connectivity index (χ4v) is 0. The Kier molecular flexibility index (Phi) is 19.5. The quantitative estimate of drug-likeness (QED) is 0.508. The van der Waals surface area contributed by atoms with Crippen molar-refractivity contribution in [2.45, 2.75) is 83.6 Å². The normalized spacial score (nSPS) is 10.8. The van der Waals surface area contributed by atoms with Gasteiger partial charge in [-0.3, -0.25) is 0 Å². The van der Waals surface area contributed by atoms with Crippen LogP contribution in [-0.2, 0) is 0 Å². The van der Waals surface area contributed by atoms with E-state index in [9.17, 15) is 15.3 Å². The molecular formula is C15H32O3Sn. The van der Waals surface area contributed by atoms with Crippen LogP contribution in [-0.4, -0.2) is 39.3 Å². The van der Waals surface area contributed by atoms with E-state index in [1.54, 1.807) is 84.8 Å². The molecule has 4 heteroatoms. The Labute approximate surface area is 134 Å². The molecule has 0 aromatic carbocycles. The topological polar surface area (TPSA) is 69.2 Å². The van der Waals surface area contributed by atoms with Crippen molar-refractivity contribution in [3.63, 3.8) is 0 Å². The third-order valence-corrected chi connectivity index (χ3v) is 0.968. The zero-order valence-electron chi connectivity index (χ0n) is 14.2. The fourth-order valence-electron chi connectivity index (χ4n) is 0. The molecule has 114 valence electrons. The molecular weight excluding hydrogens is 347 g/mol. The minimum atomic E-state index is -0.750. The van der Waals surface area contributed by atoms with Gasteiger partial charge < -0.3 is 15.3 Å². The van der Waals surface area contributed by atoms with E-state index in [1.807, 2.05) is 6.08 Å². The van der Waals surface area contributed by atoms with Gasteiger partial charge in [-0.1, -0.05) is 62.3 Å². The van der Waals surface area contributed by atoms with E-state index >= 15 is 0 Å². The summed E-state index contributed by atoms with van der Waals surface area (Å²) in [7, 11) is 0. The Balaban J connectivity index is -0.0000000793. The summed E-state index contributed by atoms with van der Waals surface area (Å²) < 4.78 is 1.17. The largest absolute Gasteiger partial charge is 0.850 e. The molecule has 0 aliphatic carbocycles. The zero-order chi connectivity index (χ0) is 16.9. The van der Waals surface area contributed by atoms with Gasteiger partial charge >= 0.3 is 39.6 Å². The van der Waals surface area contributed by atoms with E-state index in [0.29, 0.717) is 0 Å². The van der Waals surface area contributed by atoms with Crippen molar-refractivity contribution < 1.29 is 15.3 Å². The molecule has 0 aromatic heterocycles. The molecule has 0 aliphatic rings. The molecule has 0 unspecified atom stereocenters. The monoisotopic (exact) mass is 380 g/mol. The molecule has 0 saturated carbocycles. The molecule has 0 saturated heterocycles. The summed E-state index contributed by atoms with van der Waals surface area (Å²) in [5, 5.41) is 30.3. The van der Waals surface area contributed by atoms with Crippen LogP contribution < -0.4 is 15.3 Å². The average molecular weight is 379 g/mol. The summed E-state index contributed by atoms with van der Waals surface area (Å²) in [6.07, 6.45) is 1.92. The molecule has 0 heterocycles. The second kappa shape index (κ2) is 13.4. The first-order valence-electron chi connectivity index (χ1n) is 6.28. The maximum absolute atomic E-state index is 10.1. The standard InChI is InChI=1S/3C4H9O.C3H5.Sn/c3*1-4(2,3)5;1-3-2;/h3*1-3H3;3H,1-2H2;/q3*-1;;+3. The second-order valence-corrected chi connectivity index (χ2v) is 8.00. The SMILES string of the molecule is C=C[CH2][Sn+3].CC(C)(C)[O-].CC(C)(C)[O-].CC(C)(C)[O-]. The van der Waals surface area contributed by atoms with Crippen molar-refractivity contribution in [3.05, 3.63) is 12.7 Å². The van der Waals surface area contributed by atoms with Crippen LogP contribution in [0.15, 0.2) is 12.7 Å². The molecule has 0 amide bonds. The minimum absolute atomic E-state index is 0.750. The Bertz CT molecular complexity index is 137. The Morgan fingerprint density at radius 3 is 0.789 bits per heavy atom. The Hall–Kier alpha value is 0.419. The molecule has 0 spiro atoms. The van der Waals surface area contributed by atoms with Gasteiger partial charge in [0.2, 0.25) is 0 Å². The maximum Gasteiger partial charge on any atom is -0.0756 e. The molecule has 0 aliphatic heterocycles. The summed E-state index contributed by atoms with van der Waals surface area (Å²) in [6.45, 7) is 18.2. The van der Waals surface area contributed by atoms with E-state index in [0.717, 1.165) is 0 Å². The van der Waals surface area contributed by atoms with Gasteiger partial charge in [-0.2, -0.15) is 0 Å². The maximum atomic E-state index is 10.1. The van der Waals surface area contributed by atoms with Gasteiger partial charge in [0.15, 0.2) is 0 Å². The van der Waals surface area contributed by atoms with Crippen LogP contribution in [0.2, 0.25) is 4.44 Å². The van der Waals surface area contributed by atoms with Crippen molar-refractivity contribution >= 4 is 22.5 Å². The average Bonchev–Trinajstić information content (AvgIpc) is 1.93. The van der Waals surface area contributed by atoms with Crippen molar-refractivity contribution in [1.29, 1.82) is 0 Å². The number of rotatable bonds is 1. The van der Waals surface area contributed by atoms with Crippen LogP contribution >= 0.6 is 0 Å². The van der Waals surface area contributed by atoms with Crippen LogP contribution in [0.5, 0.6) is 0 Å². The van der Waals surface area contributed by atoms with Gasteiger partial charge in [0.1, 0.15) is 0 Å². The molecule has 0 rings (SSSR count). The fraction of sp³-hybridized carbons (Fsp3) is 0.867. The molecule has 0 fully saturated rings. The van der Waals surface area contributed by atoms with E-state index in [4.69, 9.17) is 0 Å². The molecule has 0 aromatic rings. The van der Waals surface area contributed by atoms with E-state index in [1.165, 1.54) is 4.44 Å². The first kappa shape index (κ1) is 27.7. The van der Waals surface area contributed by atoms with Gasteiger partial charge in [0, 0.05) is 0 Å². The van der Waals surface area contributed by atoms with Crippen LogP contribution in [0.1, 0.15) is 62.3 Å². The number of hydrogen-bond donors (Lipinski definition) is 0. The van der Waals surface area contributed by atoms with Crippen LogP contribution in [0.3, 0.4) is 0 Å². The zero-order valence-corrected chi connectivity index (χ0v) is 17.1. The van der Waals surface area contributed by atoms with Gasteiger partial charge in [-0.15, -0.1) is 16.8 Å². The summed E-state index contributed by atoms with van der Waals surface area (Å²) in [4.78, 5) is 0. The van der Waals surface area contributed by atoms with Crippen molar-refractivity contribution in [3.8, 4) is 0 Å². The molecule has 19 heavy (non-hydrogen) atoms. The predicted molar refractivity (Wildman–Crippen MR) is 80.0 cm³/mol. The van der Waals surface area contributed by atoms with Crippen molar-refractivity contribution in [2.24, 2.45) is 0 Å². The first-order valence-corrected chi connectivity index (χ1v) is 8.30. The summed E-state index contributed by atoms with van der Waals surface area (Å²) in [5.41, 5.74) is -2.25. The van der Waals surface area contributed by atoms with E-state index in [2.05, 4.69) is 6.58 Å². The molecule has 0 radical (unpaired) electrons. The van der Waals surface area contributed by atoms with Crippen LogP contribution in [0.25, 0.3) is 0 Å². The van der Waals surface area contributed by atoms with E-state index < -0.39 is 16.8 Å². The van der Waals surface area contributed by atoms with Crippen molar-refractivity contribution in [2.75, 3.05) is 0 Å². The van der Waals surface area contributed by atoms with Gasteiger partial charge in [0.25, 0.3) is 0 Å².